The van der Waals surface area contributed by atoms with Crippen molar-refractivity contribution in [1.29, 1.82) is 0 Å². The molecule has 0 amide bonds. The van der Waals surface area contributed by atoms with Gasteiger partial charge < -0.3 is 14.7 Å². The lowest BCUT2D eigenvalue weighted by molar-refractivity contribution is -0.135. The number of carbonyl (C=O) groups excluding carboxylic acids is 1. The van der Waals surface area contributed by atoms with Crippen molar-refractivity contribution in [3.63, 3.8) is 0 Å². The average Bonchev–Trinajstić information content (AvgIpc) is 2.83. The van der Waals surface area contributed by atoms with E-state index in [1.54, 1.807) is 18.4 Å². The van der Waals surface area contributed by atoms with Crippen LogP contribution in [0.3, 0.4) is 0 Å². The maximum atomic E-state index is 11.1. The maximum absolute atomic E-state index is 11.1. The van der Waals surface area contributed by atoms with E-state index < -0.39 is 0 Å². The van der Waals surface area contributed by atoms with Crippen LogP contribution in [0.2, 0.25) is 0 Å². The molecule has 1 rings (SSSR count). The summed E-state index contributed by atoms with van der Waals surface area (Å²) in [5.41, 5.74) is 1.72. The van der Waals surface area contributed by atoms with Crippen LogP contribution in [-0.4, -0.2) is 47.4 Å². The summed E-state index contributed by atoms with van der Waals surface area (Å²) >= 11 is 5.86. The van der Waals surface area contributed by atoms with Gasteiger partial charge in [0, 0.05) is 25.4 Å². The molecule has 0 radical (unpaired) electrons. The van der Waals surface area contributed by atoms with E-state index in [1.807, 2.05) is 18.7 Å². The molecule has 1 N–H and O–H groups in total. The standard InChI is InChI=1S/C14H19ClN2O3/c1-3-4-13(15)16-8-11(2)9-17(5-6-18)12-7-14(19)20-10-12/h3-4,7-8,18H,5-6,9-10H2,1-2H3/b4-3-,11-8+,16-13+. The van der Waals surface area contributed by atoms with Crippen LogP contribution in [0.15, 0.2) is 40.7 Å². The predicted octanol–water partition coefficient (Wildman–Crippen LogP) is 1.84. The van der Waals surface area contributed by atoms with Crippen molar-refractivity contribution in [2.24, 2.45) is 4.99 Å². The van der Waals surface area contributed by atoms with Gasteiger partial charge in [0.15, 0.2) is 0 Å². The second-order valence-electron chi connectivity index (χ2n) is 4.32. The first-order chi connectivity index (χ1) is 9.56. The van der Waals surface area contributed by atoms with Crippen molar-refractivity contribution in [3.8, 4) is 0 Å². The SMILES string of the molecule is C\C=C/C(Cl)=N\C=C(/C)CN(CCO)C1=CC(=O)OC1. The summed E-state index contributed by atoms with van der Waals surface area (Å²) in [4.78, 5) is 17.1. The van der Waals surface area contributed by atoms with Gasteiger partial charge in [-0.3, -0.25) is 0 Å². The first-order valence-electron chi connectivity index (χ1n) is 6.31. The zero-order valence-electron chi connectivity index (χ0n) is 11.7. The van der Waals surface area contributed by atoms with Crippen molar-refractivity contribution in [3.05, 3.63) is 35.7 Å². The third kappa shape index (κ3) is 5.59. The van der Waals surface area contributed by atoms with Crippen molar-refractivity contribution in [1.82, 2.24) is 4.90 Å². The molecule has 0 saturated carbocycles. The third-order valence-electron chi connectivity index (χ3n) is 2.58. The zero-order valence-corrected chi connectivity index (χ0v) is 12.4. The third-order valence-corrected chi connectivity index (χ3v) is 2.80. The summed E-state index contributed by atoms with van der Waals surface area (Å²) in [7, 11) is 0. The van der Waals surface area contributed by atoms with E-state index in [2.05, 4.69) is 4.99 Å². The van der Waals surface area contributed by atoms with Crippen LogP contribution in [0.5, 0.6) is 0 Å². The summed E-state index contributed by atoms with van der Waals surface area (Å²) in [5.74, 6) is -0.348. The van der Waals surface area contributed by atoms with E-state index in [1.165, 1.54) is 6.08 Å². The second-order valence-corrected chi connectivity index (χ2v) is 4.70. The molecule has 0 saturated heterocycles. The zero-order chi connectivity index (χ0) is 15.0. The molecule has 20 heavy (non-hydrogen) atoms. The van der Waals surface area contributed by atoms with Gasteiger partial charge in [0.25, 0.3) is 0 Å². The molecule has 1 aliphatic rings. The summed E-state index contributed by atoms with van der Waals surface area (Å²) in [6.07, 6.45) is 6.62. The normalized spacial score (nSPS) is 16.6. The molecule has 0 aromatic heterocycles. The monoisotopic (exact) mass is 298 g/mol. The maximum Gasteiger partial charge on any atom is 0.333 e. The van der Waals surface area contributed by atoms with Gasteiger partial charge >= 0.3 is 5.97 Å². The Balaban J connectivity index is 2.70. The van der Waals surface area contributed by atoms with Crippen LogP contribution >= 0.6 is 11.6 Å². The van der Waals surface area contributed by atoms with E-state index in [-0.39, 0.29) is 19.2 Å². The number of carbonyl (C=O) groups is 1. The van der Waals surface area contributed by atoms with Gasteiger partial charge in [-0.2, -0.15) is 0 Å². The molecule has 0 unspecified atom stereocenters. The highest BCUT2D eigenvalue weighted by Crippen LogP contribution is 2.13. The summed E-state index contributed by atoms with van der Waals surface area (Å²) in [5, 5.41) is 9.49. The largest absolute Gasteiger partial charge is 0.456 e. The van der Waals surface area contributed by atoms with Crippen LogP contribution in [0.25, 0.3) is 0 Å². The number of hydrogen-bond acceptors (Lipinski definition) is 5. The molecular formula is C14H19ClN2O3. The molecule has 0 aromatic rings. The highest BCUT2D eigenvalue weighted by Gasteiger charge is 2.18. The van der Waals surface area contributed by atoms with Crippen molar-refractivity contribution < 1.29 is 14.6 Å². The molecule has 0 atom stereocenters. The van der Waals surface area contributed by atoms with Crippen molar-refractivity contribution >= 4 is 22.7 Å². The summed E-state index contributed by atoms with van der Waals surface area (Å²) < 4.78 is 4.87. The lowest BCUT2D eigenvalue weighted by atomic mass is 10.2. The van der Waals surface area contributed by atoms with Gasteiger partial charge in [-0.1, -0.05) is 17.7 Å². The Kier molecular flexibility index (Phi) is 7.04. The van der Waals surface area contributed by atoms with Crippen LogP contribution in [0.1, 0.15) is 13.8 Å². The highest BCUT2D eigenvalue weighted by molar-refractivity contribution is 6.68. The van der Waals surface area contributed by atoms with Gasteiger partial charge in [0.1, 0.15) is 11.8 Å². The highest BCUT2D eigenvalue weighted by atomic mass is 35.5. The fraction of sp³-hybridized carbons (Fsp3) is 0.429. The summed E-state index contributed by atoms with van der Waals surface area (Å²) in [6, 6.07) is 0. The molecule has 1 heterocycles. The molecule has 0 aliphatic carbocycles. The Bertz CT molecular complexity index is 467. The van der Waals surface area contributed by atoms with Gasteiger partial charge in [-0.15, -0.1) is 0 Å². The number of aliphatic hydroxyl groups excluding tert-OH is 1. The van der Waals surface area contributed by atoms with Gasteiger partial charge in [-0.05, 0) is 25.5 Å². The van der Waals surface area contributed by atoms with Gasteiger partial charge in [0.05, 0.1) is 12.3 Å². The van der Waals surface area contributed by atoms with Gasteiger partial charge in [-0.25, -0.2) is 9.79 Å². The number of allylic oxidation sites excluding steroid dienone is 2. The minimum atomic E-state index is -0.348. The van der Waals surface area contributed by atoms with E-state index in [4.69, 9.17) is 21.4 Å². The number of aliphatic imine (C=N–C) groups is 1. The quantitative estimate of drug-likeness (QED) is 0.575. The number of hydrogen-bond donors (Lipinski definition) is 1. The van der Waals surface area contributed by atoms with E-state index in [0.29, 0.717) is 18.3 Å². The minimum Gasteiger partial charge on any atom is -0.456 e. The summed E-state index contributed by atoms with van der Waals surface area (Å²) in [6.45, 7) is 5.00. The average molecular weight is 299 g/mol. The molecular weight excluding hydrogens is 280 g/mol. The van der Waals surface area contributed by atoms with E-state index >= 15 is 0 Å². The molecule has 0 aromatic carbocycles. The Hall–Kier alpha value is -1.59. The fourth-order valence-electron chi connectivity index (χ4n) is 1.69. The van der Waals surface area contributed by atoms with Crippen molar-refractivity contribution in [2.75, 3.05) is 26.3 Å². The van der Waals surface area contributed by atoms with E-state index in [9.17, 15) is 4.79 Å². The number of rotatable bonds is 7. The minimum absolute atomic E-state index is 0.00140. The van der Waals surface area contributed by atoms with Gasteiger partial charge in [0.2, 0.25) is 0 Å². The van der Waals surface area contributed by atoms with Crippen molar-refractivity contribution in [2.45, 2.75) is 13.8 Å². The second kappa shape index (κ2) is 8.55. The fourth-order valence-corrected chi connectivity index (χ4v) is 1.86. The number of ether oxygens (including phenoxy) is 1. The number of aliphatic hydroxyl groups is 1. The van der Waals surface area contributed by atoms with Crippen LogP contribution < -0.4 is 0 Å². The first-order valence-corrected chi connectivity index (χ1v) is 6.69. The predicted molar refractivity (Wildman–Crippen MR) is 79.6 cm³/mol. The first kappa shape index (κ1) is 16.5. The molecule has 110 valence electrons. The molecule has 0 spiro atoms. The number of esters is 1. The topological polar surface area (TPSA) is 62.1 Å². The molecule has 5 nitrogen and oxygen atoms in total. The van der Waals surface area contributed by atoms with Crippen LogP contribution in [-0.2, 0) is 9.53 Å². The Morgan fingerprint density at radius 3 is 2.95 bits per heavy atom. The van der Waals surface area contributed by atoms with Crippen LogP contribution in [0, 0.1) is 0 Å². The molecule has 6 heteroatoms. The number of nitrogens with zero attached hydrogens (tertiary/aromatic N) is 2. The lowest BCUT2D eigenvalue weighted by Gasteiger charge is -2.24. The Morgan fingerprint density at radius 1 is 1.65 bits per heavy atom. The Morgan fingerprint density at radius 2 is 2.40 bits per heavy atom. The Labute approximate surface area is 123 Å². The van der Waals surface area contributed by atoms with Crippen LogP contribution in [0.4, 0.5) is 0 Å². The van der Waals surface area contributed by atoms with E-state index in [0.717, 1.165) is 11.3 Å². The number of halogens is 1. The molecule has 0 bridgehead atoms. The number of cyclic esters (lactones) is 1. The smallest absolute Gasteiger partial charge is 0.333 e. The lowest BCUT2D eigenvalue weighted by Crippen LogP contribution is -2.28. The molecule has 0 fully saturated rings. The molecule has 1 aliphatic heterocycles.